The molecule has 0 bridgehead atoms. The monoisotopic (exact) mass is 452 g/mol. The number of hydrogen-bond acceptors (Lipinski definition) is 5. The molecule has 2 heterocycles. The molecule has 3 amide bonds. The van der Waals surface area contributed by atoms with E-state index in [9.17, 15) is 18.8 Å². The number of nitrogens with zero attached hydrogens (tertiary/aromatic N) is 2. The lowest BCUT2D eigenvalue weighted by Gasteiger charge is -2.27. The van der Waals surface area contributed by atoms with E-state index in [4.69, 9.17) is 4.74 Å². The summed E-state index contributed by atoms with van der Waals surface area (Å²) in [6, 6.07) is 14.9. The maximum Gasteiger partial charge on any atom is 0.257 e. The van der Waals surface area contributed by atoms with Crippen molar-refractivity contribution in [2.45, 2.75) is 25.9 Å². The number of halogens is 1. The minimum atomic E-state index is -1.02. The molecule has 6 nitrogen and oxygen atoms in total. The second kappa shape index (κ2) is 9.32. The highest BCUT2D eigenvalue weighted by Crippen LogP contribution is 2.30. The number of carbonyl (C=O) groups is 3. The average molecular weight is 453 g/mol. The van der Waals surface area contributed by atoms with Gasteiger partial charge in [-0.25, -0.2) is 9.29 Å². The van der Waals surface area contributed by atoms with Crippen LogP contribution in [0.15, 0.2) is 66.0 Å². The molecule has 0 aliphatic carbocycles. The Kier molecular flexibility index (Phi) is 6.32. The van der Waals surface area contributed by atoms with Gasteiger partial charge in [0, 0.05) is 4.88 Å². The predicted molar refractivity (Wildman–Crippen MR) is 119 cm³/mol. The first-order valence-corrected chi connectivity index (χ1v) is 11.0. The van der Waals surface area contributed by atoms with Crippen LogP contribution in [0, 0.1) is 5.82 Å². The Bertz CT molecular complexity index is 1130. The molecule has 1 fully saturated rings. The van der Waals surface area contributed by atoms with Crippen LogP contribution in [-0.2, 0) is 16.1 Å². The van der Waals surface area contributed by atoms with Crippen LogP contribution < -0.4 is 9.64 Å². The van der Waals surface area contributed by atoms with Crippen molar-refractivity contribution in [3.8, 4) is 5.75 Å². The number of carbonyl (C=O) groups excluding carboxylic acids is 3. The third-order valence-corrected chi connectivity index (χ3v) is 6.04. The van der Waals surface area contributed by atoms with E-state index in [0.29, 0.717) is 18.0 Å². The van der Waals surface area contributed by atoms with Gasteiger partial charge in [-0.15, -0.1) is 11.3 Å². The lowest BCUT2D eigenvalue weighted by atomic mass is 10.1. The molecule has 164 valence electrons. The van der Waals surface area contributed by atoms with Gasteiger partial charge in [-0.3, -0.25) is 14.4 Å². The van der Waals surface area contributed by atoms with E-state index in [0.717, 1.165) is 9.78 Å². The number of benzene rings is 2. The number of rotatable bonds is 7. The van der Waals surface area contributed by atoms with Crippen molar-refractivity contribution in [1.82, 2.24) is 4.90 Å². The molecule has 1 saturated heterocycles. The van der Waals surface area contributed by atoms with Crippen molar-refractivity contribution >= 4 is 34.7 Å². The molecule has 0 saturated carbocycles. The molecule has 32 heavy (non-hydrogen) atoms. The molecule has 1 aliphatic heterocycles. The molecule has 0 radical (unpaired) electrons. The van der Waals surface area contributed by atoms with E-state index in [1.807, 2.05) is 24.4 Å². The molecular weight excluding hydrogens is 431 g/mol. The fraction of sp³-hybridized carbons (Fsp3) is 0.208. The Hall–Kier alpha value is -3.52. The molecule has 1 atom stereocenters. The van der Waals surface area contributed by atoms with Gasteiger partial charge in [0.2, 0.25) is 5.91 Å². The molecule has 4 rings (SSSR count). The Morgan fingerprint density at radius 3 is 2.53 bits per heavy atom. The van der Waals surface area contributed by atoms with Crippen LogP contribution in [0.1, 0.15) is 28.6 Å². The Labute approximate surface area is 188 Å². The first-order valence-electron chi connectivity index (χ1n) is 10.2. The fourth-order valence-corrected chi connectivity index (χ4v) is 4.37. The average Bonchev–Trinajstić information content (AvgIpc) is 3.40. The van der Waals surface area contributed by atoms with Gasteiger partial charge in [-0.1, -0.05) is 18.2 Å². The number of imide groups is 1. The molecule has 1 unspecified atom stereocenters. The molecule has 0 spiro atoms. The zero-order chi connectivity index (χ0) is 22.7. The number of amides is 3. The highest BCUT2D eigenvalue weighted by molar-refractivity contribution is 7.09. The van der Waals surface area contributed by atoms with Gasteiger partial charge in [0.25, 0.3) is 11.8 Å². The van der Waals surface area contributed by atoms with E-state index in [-0.39, 0.29) is 18.5 Å². The summed E-state index contributed by atoms with van der Waals surface area (Å²) in [5.41, 5.74) is 0.268. The Balaban J connectivity index is 1.65. The fourth-order valence-electron chi connectivity index (χ4n) is 3.67. The summed E-state index contributed by atoms with van der Waals surface area (Å²) in [5.74, 6) is -1.60. The molecule has 1 aromatic heterocycles. The van der Waals surface area contributed by atoms with E-state index < -0.39 is 29.6 Å². The quantitative estimate of drug-likeness (QED) is 0.503. The number of hydrogen-bond donors (Lipinski definition) is 0. The van der Waals surface area contributed by atoms with Crippen molar-refractivity contribution in [3.63, 3.8) is 0 Å². The first-order chi connectivity index (χ1) is 15.5. The Morgan fingerprint density at radius 2 is 1.88 bits per heavy atom. The second-order valence-corrected chi connectivity index (χ2v) is 8.24. The first kappa shape index (κ1) is 21.7. The summed E-state index contributed by atoms with van der Waals surface area (Å²) in [6.07, 6.45) is -0.169. The van der Waals surface area contributed by atoms with Crippen molar-refractivity contribution in [3.05, 3.63) is 82.3 Å². The summed E-state index contributed by atoms with van der Waals surface area (Å²) < 4.78 is 19.8. The van der Waals surface area contributed by atoms with Gasteiger partial charge in [-0.05, 0) is 54.8 Å². The van der Waals surface area contributed by atoms with Gasteiger partial charge in [0.15, 0.2) is 0 Å². The summed E-state index contributed by atoms with van der Waals surface area (Å²) in [4.78, 5) is 42.6. The van der Waals surface area contributed by atoms with E-state index in [1.165, 1.54) is 34.4 Å². The lowest BCUT2D eigenvalue weighted by molar-refractivity contribution is -0.122. The van der Waals surface area contributed by atoms with Crippen LogP contribution in [0.3, 0.4) is 0 Å². The van der Waals surface area contributed by atoms with Crippen LogP contribution >= 0.6 is 11.3 Å². The standard InChI is InChI=1S/C24H21FN2O4S/c1-2-31-17-11-9-16(10-12-17)27-22(28)14-21(24(27)30)26(15-18-6-5-13-32-18)23(29)19-7-3-4-8-20(19)25/h3-13,21H,2,14-15H2,1H3. The molecule has 3 aromatic rings. The summed E-state index contributed by atoms with van der Waals surface area (Å²) in [5, 5.41) is 1.86. The summed E-state index contributed by atoms with van der Waals surface area (Å²) in [6.45, 7) is 2.46. The van der Waals surface area contributed by atoms with Gasteiger partial charge in [0.05, 0.1) is 30.8 Å². The summed E-state index contributed by atoms with van der Waals surface area (Å²) >= 11 is 1.42. The van der Waals surface area contributed by atoms with Crippen molar-refractivity contribution in [2.24, 2.45) is 0 Å². The highest BCUT2D eigenvalue weighted by Gasteiger charge is 2.45. The minimum Gasteiger partial charge on any atom is -0.494 e. The van der Waals surface area contributed by atoms with Crippen LogP contribution in [-0.4, -0.2) is 35.3 Å². The number of thiophene rings is 1. The number of anilines is 1. The van der Waals surface area contributed by atoms with Crippen LogP contribution in [0.2, 0.25) is 0 Å². The van der Waals surface area contributed by atoms with Crippen molar-refractivity contribution < 1.29 is 23.5 Å². The van der Waals surface area contributed by atoms with Crippen molar-refractivity contribution in [1.29, 1.82) is 0 Å². The topological polar surface area (TPSA) is 66.9 Å². The van der Waals surface area contributed by atoms with Gasteiger partial charge < -0.3 is 9.64 Å². The number of ether oxygens (including phenoxy) is 1. The van der Waals surface area contributed by atoms with Gasteiger partial charge in [0.1, 0.15) is 17.6 Å². The van der Waals surface area contributed by atoms with E-state index in [2.05, 4.69) is 0 Å². The zero-order valence-electron chi connectivity index (χ0n) is 17.4. The maximum absolute atomic E-state index is 14.4. The Morgan fingerprint density at radius 1 is 1.12 bits per heavy atom. The van der Waals surface area contributed by atoms with Crippen LogP contribution in [0.4, 0.5) is 10.1 Å². The molecular formula is C24H21FN2O4S. The van der Waals surface area contributed by atoms with E-state index >= 15 is 0 Å². The smallest absolute Gasteiger partial charge is 0.257 e. The normalized spacial score (nSPS) is 15.8. The zero-order valence-corrected chi connectivity index (χ0v) is 18.2. The molecule has 2 aromatic carbocycles. The second-order valence-electron chi connectivity index (χ2n) is 7.21. The third-order valence-electron chi connectivity index (χ3n) is 5.18. The van der Waals surface area contributed by atoms with Gasteiger partial charge in [-0.2, -0.15) is 0 Å². The largest absolute Gasteiger partial charge is 0.494 e. The third kappa shape index (κ3) is 4.27. The van der Waals surface area contributed by atoms with Crippen molar-refractivity contribution in [2.75, 3.05) is 11.5 Å². The van der Waals surface area contributed by atoms with Crippen LogP contribution in [0.25, 0.3) is 0 Å². The van der Waals surface area contributed by atoms with Crippen LogP contribution in [0.5, 0.6) is 5.75 Å². The van der Waals surface area contributed by atoms with E-state index in [1.54, 1.807) is 30.3 Å². The SMILES string of the molecule is CCOc1ccc(N2C(=O)CC(N(Cc3cccs3)C(=O)c3ccccc3F)C2=O)cc1. The highest BCUT2D eigenvalue weighted by atomic mass is 32.1. The maximum atomic E-state index is 14.4. The molecule has 0 N–H and O–H groups in total. The predicted octanol–water partition coefficient (Wildman–Crippen LogP) is 4.26. The molecule has 1 aliphatic rings. The summed E-state index contributed by atoms with van der Waals surface area (Å²) in [7, 11) is 0. The molecule has 8 heteroatoms. The minimum absolute atomic E-state index is 0.103. The van der Waals surface area contributed by atoms with Gasteiger partial charge >= 0.3 is 0 Å². The lowest BCUT2D eigenvalue weighted by Crippen LogP contribution is -2.45.